The molecule has 7 heteroatoms. The first-order valence-electron chi connectivity index (χ1n) is 11.2. The number of rotatable bonds is 3. The van der Waals surface area contributed by atoms with Crippen LogP contribution in [0.4, 0.5) is 4.79 Å². The SMILES string of the molecule is Cc1c(C2CCN(C(=O)OC(C)(C)C)CC2)nn(-c2ccc(Cl)cc2Cl)c1-c1ccccc1. The summed E-state index contributed by atoms with van der Waals surface area (Å²) in [5.41, 5.74) is 4.56. The third-order valence-electron chi connectivity index (χ3n) is 5.88. The number of nitrogens with zero attached hydrogens (tertiary/aromatic N) is 3. The smallest absolute Gasteiger partial charge is 0.410 e. The van der Waals surface area contributed by atoms with Gasteiger partial charge < -0.3 is 9.64 Å². The van der Waals surface area contributed by atoms with E-state index in [-0.39, 0.29) is 12.0 Å². The molecule has 0 unspecified atom stereocenters. The van der Waals surface area contributed by atoms with Gasteiger partial charge in [0.05, 0.1) is 22.1 Å². The maximum atomic E-state index is 12.5. The lowest BCUT2D eigenvalue weighted by atomic mass is 9.90. The number of aromatic nitrogens is 2. The van der Waals surface area contributed by atoms with E-state index in [0.717, 1.165) is 41.0 Å². The van der Waals surface area contributed by atoms with Crippen molar-refractivity contribution < 1.29 is 9.53 Å². The van der Waals surface area contributed by atoms with Crippen LogP contribution in [-0.4, -0.2) is 39.5 Å². The lowest BCUT2D eigenvalue weighted by molar-refractivity contribution is 0.0204. The summed E-state index contributed by atoms with van der Waals surface area (Å²) in [7, 11) is 0. The predicted molar refractivity (Wildman–Crippen MR) is 134 cm³/mol. The lowest BCUT2D eigenvalue weighted by Gasteiger charge is -2.33. The Morgan fingerprint density at radius 1 is 1.06 bits per heavy atom. The number of amides is 1. The van der Waals surface area contributed by atoms with Crippen LogP contribution < -0.4 is 0 Å². The zero-order chi connectivity index (χ0) is 23.8. The molecule has 0 aliphatic carbocycles. The molecule has 0 bridgehead atoms. The summed E-state index contributed by atoms with van der Waals surface area (Å²) in [4.78, 5) is 14.3. The van der Waals surface area contributed by atoms with Crippen LogP contribution in [0.2, 0.25) is 10.0 Å². The molecular formula is C26H29Cl2N3O2. The molecule has 5 nitrogen and oxygen atoms in total. The second-order valence-corrected chi connectivity index (χ2v) is 10.3. The monoisotopic (exact) mass is 485 g/mol. The average Bonchev–Trinajstić information content (AvgIpc) is 3.10. The van der Waals surface area contributed by atoms with Crippen molar-refractivity contribution in [3.8, 4) is 16.9 Å². The first-order valence-corrected chi connectivity index (χ1v) is 12.0. The molecule has 3 aromatic rings. The standard InChI is InChI=1S/C26H29Cl2N3O2/c1-17-23(18-12-14-30(15-13-18)25(32)33-26(2,3)4)29-31(22-11-10-20(27)16-21(22)28)24(17)19-8-6-5-7-9-19/h5-11,16,18H,12-15H2,1-4H3. The summed E-state index contributed by atoms with van der Waals surface area (Å²) < 4.78 is 7.47. The van der Waals surface area contributed by atoms with Gasteiger partial charge in [0, 0.05) is 29.6 Å². The number of carbonyl (C=O) groups is 1. The number of likely N-dealkylation sites (tertiary alicyclic amines) is 1. The summed E-state index contributed by atoms with van der Waals surface area (Å²) >= 11 is 12.7. The van der Waals surface area contributed by atoms with Gasteiger partial charge >= 0.3 is 6.09 Å². The number of halogens is 2. The molecule has 2 heterocycles. The second-order valence-electron chi connectivity index (χ2n) is 9.47. The largest absolute Gasteiger partial charge is 0.444 e. The first-order chi connectivity index (χ1) is 15.6. The third-order valence-corrected chi connectivity index (χ3v) is 6.42. The average molecular weight is 486 g/mol. The summed E-state index contributed by atoms with van der Waals surface area (Å²) in [5, 5.41) is 6.19. The number of ether oxygens (including phenoxy) is 1. The maximum absolute atomic E-state index is 12.5. The topological polar surface area (TPSA) is 47.4 Å². The minimum atomic E-state index is -0.494. The minimum absolute atomic E-state index is 0.249. The van der Waals surface area contributed by atoms with Crippen LogP contribution in [0.5, 0.6) is 0 Å². The lowest BCUT2D eigenvalue weighted by Crippen LogP contribution is -2.41. The van der Waals surface area contributed by atoms with E-state index >= 15 is 0 Å². The molecule has 1 aliphatic rings. The van der Waals surface area contributed by atoms with Gasteiger partial charge in [0.1, 0.15) is 5.60 Å². The molecule has 1 amide bonds. The van der Waals surface area contributed by atoms with E-state index in [1.54, 1.807) is 11.0 Å². The zero-order valence-electron chi connectivity index (χ0n) is 19.4. The van der Waals surface area contributed by atoms with Gasteiger partial charge in [0.2, 0.25) is 0 Å². The van der Waals surface area contributed by atoms with Gasteiger partial charge in [-0.2, -0.15) is 5.10 Å². The highest BCUT2D eigenvalue weighted by molar-refractivity contribution is 6.35. The molecule has 1 saturated heterocycles. The quantitative estimate of drug-likeness (QED) is 0.391. The van der Waals surface area contributed by atoms with E-state index in [2.05, 4.69) is 19.1 Å². The number of hydrogen-bond donors (Lipinski definition) is 0. The van der Waals surface area contributed by atoms with Crippen molar-refractivity contribution in [3.63, 3.8) is 0 Å². The Morgan fingerprint density at radius 2 is 1.73 bits per heavy atom. The molecule has 1 aliphatic heterocycles. The van der Waals surface area contributed by atoms with Crippen LogP contribution in [0.15, 0.2) is 48.5 Å². The van der Waals surface area contributed by atoms with Gasteiger partial charge in [0.15, 0.2) is 0 Å². The zero-order valence-corrected chi connectivity index (χ0v) is 21.0. The van der Waals surface area contributed by atoms with E-state index in [1.807, 2.05) is 55.8 Å². The van der Waals surface area contributed by atoms with Crippen molar-refractivity contribution in [1.29, 1.82) is 0 Å². The van der Waals surface area contributed by atoms with Crippen molar-refractivity contribution in [1.82, 2.24) is 14.7 Å². The van der Waals surface area contributed by atoms with E-state index in [9.17, 15) is 4.79 Å². The van der Waals surface area contributed by atoms with Gasteiger partial charge in [-0.1, -0.05) is 53.5 Å². The van der Waals surface area contributed by atoms with Crippen LogP contribution in [0.3, 0.4) is 0 Å². The fraction of sp³-hybridized carbons (Fsp3) is 0.385. The Hall–Kier alpha value is -2.50. The highest BCUT2D eigenvalue weighted by Gasteiger charge is 2.31. The molecule has 0 saturated carbocycles. The van der Waals surface area contributed by atoms with Crippen LogP contribution in [-0.2, 0) is 4.74 Å². The second kappa shape index (κ2) is 9.40. The van der Waals surface area contributed by atoms with Crippen molar-refractivity contribution in [2.75, 3.05) is 13.1 Å². The molecule has 33 heavy (non-hydrogen) atoms. The highest BCUT2D eigenvalue weighted by atomic mass is 35.5. The summed E-state index contributed by atoms with van der Waals surface area (Å²) in [6, 6.07) is 15.7. The summed E-state index contributed by atoms with van der Waals surface area (Å²) in [6.07, 6.45) is 1.42. The number of piperidine rings is 1. The Balaban J connectivity index is 1.67. The van der Waals surface area contributed by atoms with Gasteiger partial charge in [-0.05, 0) is 64.3 Å². The van der Waals surface area contributed by atoms with E-state index < -0.39 is 5.60 Å². The van der Waals surface area contributed by atoms with Crippen molar-refractivity contribution in [2.24, 2.45) is 0 Å². The summed E-state index contributed by atoms with van der Waals surface area (Å²) in [5.74, 6) is 0.249. The molecule has 174 valence electrons. The molecule has 0 radical (unpaired) electrons. The Labute approximate surface area is 205 Å². The van der Waals surface area contributed by atoms with E-state index in [4.69, 9.17) is 33.0 Å². The predicted octanol–water partition coefficient (Wildman–Crippen LogP) is 7.27. The Kier molecular flexibility index (Phi) is 6.73. The van der Waals surface area contributed by atoms with Crippen molar-refractivity contribution in [2.45, 2.75) is 52.1 Å². The molecule has 0 N–H and O–H groups in total. The van der Waals surface area contributed by atoms with Gasteiger partial charge in [-0.25, -0.2) is 9.48 Å². The van der Waals surface area contributed by atoms with E-state index in [1.165, 1.54) is 0 Å². The van der Waals surface area contributed by atoms with Crippen molar-refractivity contribution >= 4 is 29.3 Å². The summed E-state index contributed by atoms with van der Waals surface area (Å²) in [6.45, 7) is 9.08. The van der Waals surface area contributed by atoms with Crippen molar-refractivity contribution in [3.05, 3.63) is 69.8 Å². The van der Waals surface area contributed by atoms with Gasteiger partial charge in [-0.15, -0.1) is 0 Å². The molecule has 2 aromatic carbocycles. The maximum Gasteiger partial charge on any atom is 0.410 e. The fourth-order valence-electron chi connectivity index (χ4n) is 4.32. The molecule has 0 atom stereocenters. The normalized spacial score (nSPS) is 15.0. The Bertz CT molecular complexity index is 1140. The van der Waals surface area contributed by atoms with Gasteiger partial charge in [0.25, 0.3) is 0 Å². The molecule has 1 fully saturated rings. The van der Waals surface area contributed by atoms with Crippen LogP contribution in [0.25, 0.3) is 16.9 Å². The Morgan fingerprint density at radius 3 is 2.33 bits per heavy atom. The number of hydrogen-bond acceptors (Lipinski definition) is 3. The molecular weight excluding hydrogens is 457 g/mol. The number of benzene rings is 2. The molecule has 0 spiro atoms. The van der Waals surface area contributed by atoms with Crippen LogP contribution in [0.1, 0.15) is 50.8 Å². The minimum Gasteiger partial charge on any atom is -0.444 e. The number of carbonyl (C=O) groups excluding carboxylic acids is 1. The molecule has 1 aromatic heterocycles. The highest BCUT2D eigenvalue weighted by Crippen LogP contribution is 2.37. The fourth-order valence-corrected chi connectivity index (χ4v) is 4.81. The van der Waals surface area contributed by atoms with Crippen LogP contribution in [0, 0.1) is 6.92 Å². The van der Waals surface area contributed by atoms with Crippen LogP contribution >= 0.6 is 23.2 Å². The third kappa shape index (κ3) is 5.20. The molecule has 4 rings (SSSR count). The van der Waals surface area contributed by atoms with Gasteiger partial charge in [-0.3, -0.25) is 0 Å². The van der Waals surface area contributed by atoms with E-state index in [0.29, 0.717) is 23.1 Å². The first kappa shape index (κ1) is 23.7.